The monoisotopic (exact) mass is 583 g/mol. The molecule has 0 aromatic carbocycles. The molecule has 0 unspecified atom stereocenters. The lowest BCUT2D eigenvalue weighted by atomic mass is 10.2. The minimum absolute atomic E-state index is 1.35. The van der Waals surface area contributed by atoms with Crippen molar-refractivity contribution in [3.05, 3.63) is 0 Å². The van der Waals surface area contributed by atoms with Gasteiger partial charge in [-0.1, -0.05) is 196 Å². The van der Waals surface area contributed by atoms with Crippen LogP contribution in [-0.4, -0.2) is 16.6 Å². The van der Waals surface area contributed by atoms with Gasteiger partial charge in [0, 0.05) is 0 Å². The first-order chi connectivity index (χ1) is 19.1. The number of hydrogen-bond donors (Lipinski definition) is 0. The summed E-state index contributed by atoms with van der Waals surface area (Å²) in [5.41, 5.74) is 0. The SMILES string of the molecule is CCCCCC[Si](CCCCCC)(CCCCCC)O[Si](CCCCCC)(CCCCCC)CCCCCC. The minimum atomic E-state index is -1.72. The Labute approximate surface area is 252 Å². The van der Waals surface area contributed by atoms with Gasteiger partial charge in [0.05, 0.1) is 0 Å². The van der Waals surface area contributed by atoms with Gasteiger partial charge in [-0.3, -0.25) is 0 Å². The van der Waals surface area contributed by atoms with Crippen LogP contribution in [-0.2, 0) is 4.12 Å². The zero-order valence-corrected chi connectivity index (χ0v) is 30.6. The van der Waals surface area contributed by atoms with E-state index in [1.54, 1.807) is 0 Å². The van der Waals surface area contributed by atoms with Crippen LogP contribution in [0.1, 0.15) is 196 Å². The van der Waals surface area contributed by atoms with E-state index in [0.29, 0.717) is 0 Å². The molecule has 0 spiro atoms. The highest BCUT2D eigenvalue weighted by atomic mass is 28.4. The smallest absolute Gasteiger partial charge is 0.179 e. The van der Waals surface area contributed by atoms with Gasteiger partial charge >= 0.3 is 0 Å². The zero-order valence-electron chi connectivity index (χ0n) is 28.6. The Balaban J connectivity index is 6.10. The molecule has 0 N–H and O–H groups in total. The summed E-state index contributed by atoms with van der Waals surface area (Å²) in [5, 5.41) is 0. The standard InChI is InChI=1S/C36H78OSi2/c1-7-13-19-25-31-38(32-26-20-14-8-2,33-27-21-15-9-3)37-39(34-28-22-16-10-4,35-29-23-17-11-5)36-30-24-18-12-6/h7-36H2,1-6H3. The molecule has 0 aliphatic rings. The highest BCUT2D eigenvalue weighted by molar-refractivity contribution is 6.87. The fraction of sp³-hybridized carbons (Fsp3) is 1.00. The van der Waals surface area contributed by atoms with E-state index in [9.17, 15) is 0 Å². The van der Waals surface area contributed by atoms with Crippen LogP contribution in [0, 0.1) is 0 Å². The van der Waals surface area contributed by atoms with E-state index < -0.39 is 16.6 Å². The Hall–Kier alpha value is 0.394. The predicted octanol–water partition coefficient (Wildman–Crippen LogP) is 14.4. The maximum Gasteiger partial charge on any atom is 0.179 e. The first-order valence-electron chi connectivity index (χ1n) is 18.8. The van der Waals surface area contributed by atoms with Crippen molar-refractivity contribution < 1.29 is 4.12 Å². The molecule has 0 amide bonds. The molecule has 39 heavy (non-hydrogen) atoms. The summed E-state index contributed by atoms with van der Waals surface area (Å²) in [4.78, 5) is 0. The number of hydrogen-bond acceptors (Lipinski definition) is 1. The van der Waals surface area contributed by atoms with Gasteiger partial charge in [0.25, 0.3) is 0 Å². The van der Waals surface area contributed by atoms with E-state index in [1.165, 1.54) is 190 Å². The average Bonchev–Trinajstić information content (AvgIpc) is 2.94. The molecule has 0 rings (SSSR count). The molecule has 0 atom stereocenters. The van der Waals surface area contributed by atoms with Crippen molar-refractivity contribution in [2.45, 2.75) is 232 Å². The Morgan fingerprint density at radius 1 is 0.256 bits per heavy atom. The van der Waals surface area contributed by atoms with E-state index >= 15 is 0 Å². The van der Waals surface area contributed by atoms with Crippen LogP contribution < -0.4 is 0 Å². The second-order valence-corrected chi connectivity index (χ2v) is 21.9. The topological polar surface area (TPSA) is 9.23 Å². The lowest BCUT2D eigenvalue weighted by Crippen LogP contribution is -2.51. The predicted molar refractivity (Wildman–Crippen MR) is 186 cm³/mol. The highest BCUT2D eigenvalue weighted by Crippen LogP contribution is 2.40. The average molecular weight is 583 g/mol. The molecule has 0 aliphatic carbocycles. The van der Waals surface area contributed by atoms with Crippen LogP contribution in [0.3, 0.4) is 0 Å². The van der Waals surface area contributed by atoms with Crippen LogP contribution in [0.25, 0.3) is 0 Å². The first-order valence-corrected chi connectivity index (χ1v) is 23.8. The molecule has 0 heterocycles. The molecular weight excluding hydrogens is 505 g/mol. The Kier molecular flexibility index (Phi) is 28.8. The van der Waals surface area contributed by atoms with Crippen LogP contribution in [0.5, 0.6) is 0 Å². The van der Waals surface area contributed by atoms with E-state index in [-0.39, 0.29) is 0 Å². The molecule has 0 saturated heterocycles. The lowest BCUT2D eigenvalue weighted by Gasteiger charge is -2.44. The molecular formula is C36H78OSi2. The van der Waals surface area contributed by atoms with Crippen LogP contribution in [0.15, 0.2) is 0 Å². The van der Waals surface area contributed by atoms with Gasteiger partial charge in [0.2, 0.25) is 0 Å². The molecule has 236 valence electrons. The maximum atomic E-state index is 8.18. The fourth-order valence-corrected chi connectivity index (χ4v) is 19.7. The first kappa shape index (κ1) is 39.4. The molecule has 1 nitrogen and oxygen atoms in total. The van der Waals surface area contributed by atoms with Crippen molar-refractivity contribution in [1.29, 1.82) is 0 Å². The lowest BCUT2D eigenvalue weighted by molar-refractivity contribution is 0.465. The van der Waals surface area contributed by atoms with Gasteiger partial charge in [0.1, 0.15) is 0 Å². The van der Waals surface area contributed by atoms with E-state index in [0.717, 1.165) is 0 Å². The fourth-order valence-electron chi connectivity index (χ4n) is 6.76. The van der Waals surface area contributed by atoms with Crippen molar-refractivity contribution in [1.82, 2.24) is 0 Å². The van der Waals surface area contributed by atoms with Crippen molar-refractivity contribution in [3.8, 4) is 0 Å². The largest absolute Gasteiger partial charge is 0.455 e. The van der Waals surface area contributed by atoms with Crippen molar-refractivity contribution >= 4 is 16.6 Å². The van der Waals surface area contributed by atoms with E-state index in [2.05, 4.69) is 41.5 Å². The number of rotatable bonds is 32. The third-order valence-corrected chi connectivity index (χ3v) is 20.4. The van der Waals surface area contributed by atoms with Crippen LogP contribution >= 0.6 is 0 Å². The van der Waals surface area contributed by atoms with Crippen LogP contribution in [0.4, 0.5) is 0 Å². The molecule has 0 bridgehead atoms. The summed E-state index contributed by atoms with van der Waals surface area (Å²) in [6.45, 7) is 14.2. The van der Waals surface area contributed by atoms with Gasteiger partial charge in [0.15, 0.2) is 16.6 Å². The van der Waals surface area contributed by atoms with E-state index in [1.807, 2.05) is 0 Å². The summed E-state index contributed by atoms with van der Waals surface area (Å²) < 4.78 is 8.18. The van der Waals surface area contributed by atoms with Crippen LogP contribution in [0.2, 0.25) is 36.3 Å². The maximum absolute atomic E-state index is 8.18. The van der Waals surface area contributed by atoms with Gasteiger partial charge in [-0.25, -0.2) is 0 Å². The van der Waals surface area contributed by atoms with Crippen molar-refractivity contribution in [3.63, 3.8) is 0 Å². The Morgan fingerprint density at radius 2 is 0.436 bits per heavy atom. The second-order valence-electron chi connectivity index (χ2n) is 13.3. The molecule has 0 radical (unpaired) electrons. The zero-order chi connectivity index (χ0) is 28.9. The van der Waals surface area contributed by atoms with Gasteiger partial charge in [-0.15, -0.1) is 0 Å². The summed E-state index contributed by atoms with van der Waals surface area (Å²) in [7, 11) is -3.45. The molecule has 0 aliphatic heterocycles. The normalized spacial score (nSPS) is 12.5. The second kappa shape index (κ2) is 28.5. The quantitative estimate of drug-likeness (QED) is 0.0566. The summed E-state index contributed by atoms with van der Waals surface area (Å²) in [5.74, 6) is 0. The summed E-state index contributed by atoms with van der Waals surface area (Å²) in [6.07, 6.45) is 34.0. The summed E-state index contributed by atoms with van der Waals surface area (Å²) >= 11 is 0. The molecule has 0 aromatic rings. The number of unbranched alkanes of at least 4 members (excludes halogenated alkanes) is 18. The van der Waals surface area contributed by atoms with Gasteiger partial charge in [-0.2, -0.15) is 0 Å². The van der Waals surface area contributed by atoms with Gasteiger partial charge in [-0.05, 0) is 36.3 Å². The molecule has 3 heteroatoms. The third kappa shape index (κ3) is 21.7. The molecule has 0 aromatic heterocycles. The molecule has 0 fully saturated rings. The summed E-state index contributed by atoms with van der Waals surface area (Å²) in [6, 6.07) is 8.91. The third-order valence-electron chi connectivity index (χ3n) is 9.35. The van der Waals surface area contributed by atoms with Gasteiger partial charge < -0.3 is 4.12 Å². The van der Waals surface area contributed by atoms with Crippen molar-refractivity contribution in [2.24, 2.45) is 0 Å². The Bertz CT molecular complexity index is 376. The molecule has 0 saturated carbocycles. The van der Waals surface area contributed by atoms with Crippen molar-refractivity contribution in [2.75, 3.05) is 0 Å². The van der Waals surface area contributed by atoms with E-state index in [4.69, 9.17) is 4.12 Å². The minimum Gasteiger partial charge on any atom is -0.455 e. The highest BCUT2D eigenvalue weighted by Gasteiger charge is 2.43. The Morgan fingerprint density at radius 3 is 0.590 bits per heavy atom.